The summed E-state index contributed by atoms with van der Waals surface area (Å²) in [6.45, 7) is 11.4. The molecule has 2 atom stereocenters. The second-order valence-corrected chi connectivity index (χ2v) is 21.5. The maximum atomic E-state index is 7.38. The van der Waals surface area contributed by atoms with Gasteiger partial charge in [0.15, 0.2) is 11.2 Å². The van der Waals surface area contributed by atoms with Crippen molar-refractivity contribution in [1.29, 1.82) is 0 Å². The number of furan rings is 2. The molecule has 14 rings (SSSR count). The number of benzene rings is 10. The van der Waals surface area contributed by atoms with Gasteiger partial charge < -0.3 is 18.6 Å². The Hall–Kier alpha value is -8.60. The Morgan fingerprint density at radius 1 is 0.494 bits per heavy atom. The van der Waals surface area contributed by atoms with Gasteiger partial charge in [0.25, 0.3) is 0 Å². The first-order valence-electron chi connectivity index (χ1n) is 28.0. The van der Waals surface area contributed by atoms with E-state index in [-0.39, 0.29) is 5.92 Å². The summed E-state index contributed by atoms with van der Waals surface area (Å²) in [6, 6.07) is 65.5. The number of aryl methyl sites for hydroxylation is 3. The number of hydrogen-bond acceptors (Lipinski definition) is 4. The van der Waals surface area contributed by atoms with Crippen LogP contribution in [0, 0.1) is 0 Å². The van der Waals surface area contributed by atoms with E-state index >= 15 is 0 Å². The molecule has 2 heterocycles. The molecular weight excluding hydrogens is 937 g/mol. The van der Waals surface area contributed by atoms with Gasteiger partial charge >= 0.3 is 0 Å². The fraction of sp³-hybridized carbons (Fsp3) is 0.178. The molecule has 0 aliphatic heterocycles. The fourth-order valence-electron chi connectivity index (χ4n) is 13.2. The molecule has 12 aromatic rings. The Morgan fingerprint density at radius 2 is 1.13 bits per heavy atom. The Balaban J connectivity index is 0.990. The van der Waals surface area contributed by atoms with E-state index < -0.39 is 5.54 Å². The molecular formula is C73H62N2O2. The largest absolute Gasteiger partial charge is 0.458 e. The van der Waals surface area contributed by atoms with Gasteiger partial charge in [0.2, 0.25) is 0 Å². The van der Waals surface area contributed by atoms with Gasteiger partial charge in [-0.15, -0.1) is 0 Å². The number of hydrogen-bond donors (Lipinski definition) is 0. The predicted octanol–water partition coefficient (Wildman–Crippen LogP) is 20.8. The number of para-hydroxylation sites is 3. The van der Waals surface area contributed by atoms with E-state index in [1.165, 1.54) is 71.3 Å². The van der Waals surface area contributed by atoms with Crippen LogP contribution in [0.1, 0.15) is 93.4 Å². The molecule has 4 nitrogen and oxygen atoms in total. The van der Waals surface area contributed by atoms with Gasteiger partial charge in [0.05, 0.1) is 22.6 Å². The second-order valence-electron chi connectivity index (χ2n) is 21.5. The van der Waals surface area contributed by atoms with Crippen LogP contribution in [0.3, 0.4) is 0 Å². The number of nitrogens with zero attached hydrogens (tertiary/aromatic N) is 2. The first kappa shape index (κ1) is 46.9. The molecule has 0 amide bonds. The highest BCUT2D eigenvalue weighted by molar-refractivity contribution is 6.28. The van der Waals surface area contributed by atoms with Crippen LogP contribution in [0.25, 0.3) is 82.4 Å². The third-order valence-corrected chi connectivity index (χ3v) is 17.3. The number of fused-ring (bicyclic) bond motifs is 6. The lowest BCUT2D eigenvalue weighted by atomic mass is 9.84. The van der Waals surface area contributed by atoms with Crippen LogP contribution in [-0.4, -0.2) is 5.54 Å². The molecule has 2 unspecified atom stereocenters. The number of rotatable bonds is 12. The predicted molar refractivity (Wildman–Crippen MR) is 327 cm³/mol. The Kier molecular flexibility index (Phi) is 11.3. The zero-order chi connectivity index (χ0) is 51.9. The van der Waals surface area contributed by atoms with Crippen LogP contribution in [0.2, 0.25) is 0 Å². The molecule has 0 spiro atoms. The molecule has 0 bridgehead atoms. The van der Waals surface area contributed by atoms with Gasteiger partial charge in [-0.2, -0.15) is 0 Å². The summed E-state index contributed by atoms with van der Waals surface area (Å²) in [5, 5.41) is 10.7. The molecule has 376 valence electrons. The van der Waals surface area contributed by atoms with Crippen molar-refractivity contribution in [2.24, 2.45) is 0 Å². The smallest absolute Gasteiger partial charge is 0.159 e. The van der Waals surface area contributed by atoms with Crippen molar-refractivity contribution in [2.45, 2.75) is 84.6 Å². The van der Waals surface area contributed by atoms with Crippen LogP contribution < -0.4 is 9.80 Å². The van der Waals surface area contributed by atoms with Crippen molar-refractivity contribution in [3.8, 4) is 11.1 Å². The third-order valence-electron chi connectivity index (χ3n) is 17.3. The van der Waals surface area contributed by atoms with E-state index in [0.717, 1.165) is 111 Å². The van der Waals surface area contributed by atoms with Gasteiger partial charge in [-0.3, -0.25) is 0 Å². The van der Waals surface area contributed by atoms with Crippen LogP contribution in [-0.2, 0) is 19.3 Å². The molecule has 2 aliphatic carbocycles. The molecule has 2 aromatic heterocycles. The molecule has 0 N–H and O–H groups in total. The summed E-state index contributed by atoms with van der Waals surface area (Å²) in [5.74, 6) is 1.21. The molecule has 0 saturated heterocycles. The quantitative estimate of drug-likeness (QED) is 0.114. The van der Waals surface area contributed by atoms with Crippen LogP contribution >= 0.6 is 0 Å². The Bertz CT molecular complexity index is 4370. The zero-order valence-electron chi connectivity index (χ0n) is 44.7. The van der Waals surface area contributed by atoms with Gasteiger partial charge in [-0.25, -0.2) is 0 Å². The first-order valence-corrected chi connectivity index (χ1v) is 28.0. The third kappa shape index (κ3) is 7.40. The summed E-state index contributed by atoms with van der Waals surface area (Å²) in [5.41, 5.74) is 17.9. The van der Waals surface area contributed by atoms with Gasteiger partial charge in [-0.05, 0) is 131 Å². The van der Waals surface area contributed by atoms with E-state index in [2.05, 4.69) is 251 Å². The number of allylic oxidation sites excluding steroid dienone is 3. The monoisotopic (exact) mass is 998 g/mol. The standard InChI is InChI=1S/C73H62N2O2/c1-6-46-30-36-52(37-31-46)74(65-28-16-26-59-57-24-14-22-55(69(57)76-71(59)65)53-20-12-10-18-48(53)8-3)63-40-34-50-33-39-62-64(41-35-51-32-38-61(63)67(50)68(51)62)75(73(5)44-42-47(7-2)43-45-73)66-29-17-27-60-58-25-15-23-56(70(58)77-72(60)66)54-21-13-11-19-49(54)9-4/h10-22,24-44,56H,6-9,23,45H2,1-5H3. The Morgan fingerprint density at radius 3 is 1.86 bits per heavy atom. The fourth-order valence-corrected chi connectivity index (χ4v) is 13.2. The normalized spacial score (nSPS) is 16.4. The van der Waals surface area contributed by atoms with Gasteiger partial charge in [0.1, 0.15) is 11.3 Å². The van der Waals surface area contributed by atoms with Gasteiger partial charge in [-0.1, -0.05) is 203 Å². The van der Waals surface area contributed by atoms with E-state index in [1.54, 1.807) is 0 Å². The van der Waals surface area contributed by atoms with Crippen molar-refractivity contribution in [2.75, 3.05) is 9.80 Å². The molecule has 4 heteroatoms. The van der Waals surface area contributed by atoms with E-state index in [1.807, 2.05) is 0 Å². The van der Waals surface area contributed by atoms with Crippen molar-refractivity contribution in [1.82, 2.24) is 0 Å². The second kappa shape index (κ2) is 18.6. The maximum absolute atomic E-state index is 7.38. The zero-order valence-corrected chi connectivity index (χ0v) is 44.7. The SMILES string of the molecule is CCC1=CCC(C)(N(c2ccc3ccc4c(N(c5ccc(CC)cc5)c5cccc6c5oc5c(-c7ccccc7CC)cccc56)ccc5ccc2c3c54)c2cccc3c4c(oc23)C(c2ccccc2CC)CC=C4)C=C1. The maximum Gasteiger partial charge on any atom is 0.159 e. The van der Waals surface area contributed by atoms with Crippen molar-refractivity contribution >= 4 is 99.7 Å². The first-order chi connectivity index (χ1) is 37.9. The summed E-state index contributed by atoms with van der Waals surface area (Å²) in [4.78, 5) is 5.04. The molecule has 0 saturated carbocycles. The highest BCUT2D eigenvalue weighted by Crippen LogP contribution is 2.53. The van der Waals surface area contributed by atoms with Crippen LogP contribution in [0.5, 0.6) is 0 Å². The van der Waals surface area contributed by atoms with Crippen molar-refractivity contribution in [3.63, 3.8) is 0 Å². The average Bonchev–Trinajstić information content (AvgIpc) is 4.12. The molecule has 0 radical (unpaired) electrons. The van der Waals surface area contributed by atoms with Crippen molar-refractivity contribution in [3.05, 3.63) is 239 Å². The Labute approximate surface area is 451 Å². The summed E-state index contributed by atoms with van der Waals surface area (Å²) in [6.07, 6.45) is 17.5. The minimum absolute atomic E-state index is 0.146. The summed E-state index contributed by atoms with van der Waals surface area (Å²) < 4.78 is 14.6. The summed E-state index contributed by atoms with van der Waals surface area (Å²) >= 11 is 0. The minimum atomic E-state index is -0.413. The highest BCUT2D eigenvalue weighted by atomic mass is 16.3. The van der Waals surface area contributed by atoms with E-state index in [9.17, 15) is 0 Å². The lowest BCUT2D eigenvalue weighted by Crippen LogP contribution is -2.42. The molecule has 0 fully saturated rings. The van der Waals surface area contributed by atoms with Gasteiger partial charge in [0, 0.05) is 55.4 Å². The molecule has 2 aliphatic rings. The van der Waals surface area contributed by atoms with Crippen LogP contribution in [0.4, 0.5) is 28.4 Å². The highest BCUT2D eigenvalue weighted by Gasteiger charge is 2.37. The van der Waals surface area contributed by atoms with E-state index in [0.29, 0.717) is 0 Å². The lowest BCUT2D eigenvalue weighted by molar-refractivity contribution is 0.510. The average molecular weight is 999 g/mol. The minimum Gasteiger partial charge on any atom is -0.458 e. The number of anilines is 5. The van der Waals surface area contributed by atoms with E-state index in [4.69, 9.17) is 8.83 Å². The molecule has 10 aromatic carbocycles. The van der Waals surface area contributed by atoms with Crippen LogP contribution in [0.15, 0.2) is 215 Å². The topological polar surface area (TPSA) is 32.8 Å². The summed E-state index contributed by atoms with van der Waals surface area (Å²) in [7, 11) is 0. The molecule has 77 heavy (non-hydrogen) atoms. The van der Waals surface area contributed by atoms with Crippen molar-refractivity contribution < 1.29 is 8.83 Å². The lowest BCUT2D eigenvalue weighted by Gasteiger charge is -2.43.